The summed E-state index contributed by atoms with van der Waals surface area (Å²) in [5.74, 6) is 0.161. The Balaban J connectivity index is 1.61. The highest BCUT2D eigenvalue weighted by molar-refractivity contribution is 5.82. The minimum atomic E-state index is -0.0681. The summed E-state index contributed by atoms with van der Waals surface area (Å²) >= 11 is 0. The molecule has 1 unspecified atom stereocenters. The van der Waals surface area contributed by atoms with Crippen molar-refractivity contribution in [2.75, 3.05) is 32.8 Å². The van der Waals surface area contributed by atoms with Gasteiger partial charge in [-0.15, -0.1) is 0 Å². The number of carbonyl (C=O) groups excluding carboxylic acids is 1. The number of amides is 1. The van der Waals surface area contributed by atoms with Gasteiger partial charge in [-0.1, -0.05) is 0 Å². The molecule has 2 N–H and O–H groups in total. The zero-order valence-corrected chi connectivity index (χ0v) is 9.45. The van der Waals surface area contributed by atoms with Crippen LogP contribution in [0.5, 0.6) is 0 Å². The molecule has 0 aromatic heterocycles. The summed E-state index contributed by atoms with van der Waals surface area (Å²) in [6.07, 6.45) is 2.29. The molecule has 2 saturated heterocycles. The van der Waals surface area contributed by atoms with Crippen molar-refractivity contribution in [3.63, 3.8) is 0 Å². The zero-order valence-electron chi connectivity index (χ0n) is 9.45. The average Bonchev–Trinajstić information content (AvgIpc) is 3.00. The third-order valence-electron chi connectivity index (χ3n) is 3.63. The molecule has 2 aliphatic heterocycles. The molecule has 3 aliphatic rings. The van der Waals surface area contributed by atoms with Gasteiger partial charge in [0.15, 0.2) is 0 Å². The lowest BCUT2D eigenvalue weighted by Gasteiger charge is -2.44. The fourth-order valence-corrected chi connectivity index (χ4v) is 2.31. The Morgan fingerprint density at radius 2 is 2.19 bits per heavy atom. The minimum Gasteiger partial charge on any atom is -0.378 e. The molecule has 1 amide bonds. The number of rotatable bonds is 3. The first-order chi connectivity index (χ1) is 7.84. The molecule has 90 valence electrons. The van der Waals surface area contributed by atoms with E-state index in [4.69, 9.17) is 4.74 Å². The summed E-state index contributed by atoms with van der Waals surface area (Å²) in [6.45, 7) is 4.20. The summed E-state index contributed by atoms with van der Waals surface area (Å²) in [4.78, 5) is 14.4. The van der Waals surface area contributed by atoms with Gasteiger partial charge in [-0.3, -0.25) is 9.69 Å². The lowest BCUT2D eigenvalue weighted by molar-refractivity contribution is -0.135. The first kappa shape index (κ1) is 10.5. The maximum absolute atomic E-state index is 12.1. The number of ether oxygens (including phenoxy) is 1. The first-order valence-corrected chi connectivity index (χ1v) is 6.19. The quantitative estimate of drug-likeness (QED) is 0.643. The van der Waals surface area contributed by atoms with Gasteiger partial charge in [0.2, 0.25) is 5.91 Å². The van der Waals surface area contributed by atoms with E-state index >= 15 is 0 Å². The van der Waals surface area contributed by atoms with Crippen LogP contribution in [0.2, 0.25) is 0 Å². The SMILES string of the molecule is O=C(NC1CC1)C1COCCN1C1CNC1. The van der Waals surface area contributed by atoms with Crippen LogP contribution in [0.4, 0.5) is 0 Å². The van der Waals surface area contributed by atoms with Crippen molar-refractivity contribution in [3.8, 4) is 0 Å². The summed E-state index contributed by atoms with van der Waals surface area (Å²) in [5, 5.41) is 6.33. The Kier molecular flexibility index (Phi) is 2.83. The summed E-state index contributed by atoms with van der Waals surface area (Å²) in [5.41, 5.74) is 0. The molecule has 1 atom stereocenters. The Morgan fingerprint density at radius 1 is 1.38 bits per heavy atom. The normalized spacial score (nSPS) is 32.1. The van der Waals surface area contributed by atoms with Crippen molar-refractivity contribution in [2.45, 2.75) is 31.0 Å². The lowest BCUT2D eigenvalue weighted by atomic mass is 10.1. The van der Waals surface area contributed by atoms with Crippen molar-refractivity contribution in [3.05, 3.63) is 0 Å². The molecule has 3 fully saturated rings. The maximum Gasteiger partial charge on any atom is 0.239 e. The molecule has 5 heteroatoms. The average molecular weight is 225 g/mol. The molecular formula is C11H19N3O2. The van der Waals surface area contributed by atoms with E-state index < -0.39 is 0 Å². The maximum atomic E-state index is 12.1. The molecule has 0 aromatic carbocycles. The number of hydrogen-bond acceptors (Lipinski definition) is 4. The van der Waals surface area contributed by atoms with Gasteiger partial charge in [-0.25, -0.2) is 0 Å². The monoisotopic (exact) mass is 225 g/mol. The number of morpholine rings is 1. The highest BCUT2D eigenvalue weighted by Crippen LogP contribution is 2.20. The van der Waals surface area contributed by atoms with Gasteiger partial charge in [0.1, 0.15) is 6.04 Å². The first-order valence-electron chi connectivity index (χ1n) is 6.19. The van der Waals surface area contributed by atoms with Crippen LogP contribution in [-0.4, -0.2) is 61.8 Å². The molecular weight excluding hydrogens is 206 g/mol. The number of nitrogens with one attached hydrogen (secondary N) is 2. The van der Waals surface area contributed by atoms with E-state index in [1.54, 1.807) is 0 Å². The van der Waals surface area contributed by atoms with Crippen LogP contribution in [-0.2, 0) is 9.53 Å². The predicted molar refractivity (Wildman–Crippen MR) is 59.1 cm³/mol. The Hall–Kier alpha value is -0.650. The number of nitrogens with zero attached hydrogens (tertiary/aromatic N) is 1. The largest absolute Gasteiger partial charge is 0.378 e. The van der Waals surface area contributed by atoms with Gasteiger partial charge in [-0.2, -0.15) is 0 Å². The molecule has 1 saturated carbocycles. The Bertz CT molecular complexity index is 276. The Labute approximate surface area is 95.5 Å². The Morgan fingerprint density at radius 3 is 2.81 bits per heavy atom. The van der Waals surface area contributed by atoms with Gasteiger partial charge in [0.05, 0.1) is 13.2 Å². The molecule has 5 nitrogen and oxygen atoms in total. The van der Waals surface area contributed by atoms with Gasteiger partial charge in [-0.05, 0) is 12.8 Å². The fraction of sp³-hybridized carbons (Fsp3) is 0.909. The predicted octanol–water partition coefficient (Wildman–Crippen LogP) is -1.06. The second kappa shape index (κ2) is 4.31. The van der Waals surface area contributed by atoms with Crippen molar-refractivity contribution >= 4 is 5.91 Å². The van der Waals surface area contributed by atoms with E-state index in [9.17, 15) is 4.79 Å². The molecule has 2 heterocycles. The van der Waals surface area contributed by atoms with Gasteiger partial charge < -0.3 is 15.4 Å². The molecule has 3 rings (SSSR count). The molecule has 0 radical (unpaired) electrons. The van der Waals surface area contributed by atoms with Crippen molar-refractivity contribution < 1.29 is 9.53 Å². The van der Waals surface area contributed by atoms with E-state index in [-0.39, 0.29) is 11.9 Å². The smallest absolute Gasteiger partial charge is 0.239 e. The zero-order chi connectivity index (χ0) is 11.0. The number of carbonyl (C=O) groups is 1. The summed E-state index contributed by atoms with van der Waals surface area (Å²) < 4.78 is 5.43. The summed E-state index contributed by atoms with van der Waals surface area (Å²) in [7, 11) is 0. The van der Waals surface area contributed by atoms with Gasteiger partial charge >= 0.3 is 0 Å². The van der Waals surface area contributed by atoms with Crippen molar-refractivity contribution in [1.82, 2.24) is 15.5 Å². The minimum absolute atomic E-state index is 0.0681. The lowest BCUT2D eigenvalue weighted by Crippen LogP contribution is -2.65. The highest BCUT2D eigenvalue weighted by atomic mass is 16.5. The van der Waals surface area contributed by atoms with Crippen LogP contribution in [0.25, 0.3) is 0 Å². The van der Waals surface area contributed by atoms with E-state index in [0.717, 1.165) is 39.1 Å². The van der Waals surface area contributed by atoms with E-state index in [0.29, 0.717) is 18.7 Å². The molecule has 16 heavy (non-hydrogen) atoms. The van der Waals surface area contributed by atoms with E-state index in [1.165, 1.54) is 0 Å². The van der Waals surface area contributed by atoms with Gasteiger partial charge in [0, 0.05) is 31.7 Å². The second-order valence-electron chi connectivity index (χ2n) is 4.92. The molecule has 1 aliphatic carbocycles. The molecule has 0 bridgehead atoms. The van der Waals surface area contributed by atoms with Crippen molar-refractivity contribution in [1.29, 1.82) is 0 Å². The van der Waals surface area contributed by atoms with Crippen LogP contribution < -0.4 is 10.6 Å². The fourth-order valence-electron chi connectivity index (χ4n) is 2.31. The van der Waals surface area contributed by atoms with Crippen LogP contribution in [0.1, 0.15) is 12.8 Å². The number of hydrogen-bond donors (Lipinski definition) is 2. The van der Waals surface area contributed by atoms with Crippen LogP contribution >= 0.6 is 0 Å². The molecule has 0 spiro atoms. The highest BCUT2D eigenvalue weighted by Gasteiger charge is 2.38. The van der Waals surface area contributed by atoms with Crippen LogP contribution in [0.3, 0.4) is 0 Å². The standard InChI is InChI=1S/C11H19N3O2/c15-11(13-8-1-2-8)10-7-16-4-3-14(10)9-5-12-6-9/h8-10,12H,1-7H2,(H,13,15). The van der Waals surface area contributed by atoms with Gasteiger partial charge in [0.25, 0.3) is 0 Å². The molecule has 0 aromatic rings. The van der Waals surface area contributed by atoms with Crippen molar-refractivity contribution in [2.24, 2.45) is 0 Å². The van der Waals surface area contributed by atoms with E-state index in [2.05, 4.69) is 15.5 Å². The van der Waals surface area contributed by atoms with E-state index in [1.807, 2.05) is 0 Å². The van der Waals surface area contributed by atoms with Crippen LogP contribution in [0.15, 0.2) is 0 Å². The van der Waals surface area contributed by atoms with Crippen LogP contribution in [0, 0.1) is 0 Å². The third kappa shape index (κ3) is 2.07. The summed E-state index contributed by atoms with van der Waals surface area (Å²) in [6, 6.07) is 0.899. The second-order valence-corrected chi connectivity index (χ2v) is 4.92. The topological polar surface area (TPSA) is 53.6 Å². The third-order valence-corrected chi connectivity index (χ3v) is 3.63.